The fourth-order valence-corrected chi connectivity index (χ4v) is 2.95. The molecule has 3 aliphatic rings. The minimum atomic E-state index is 0.225. The van der Waals surface area contributed by atoms with Gasteiger partial charge in [-0.15, -0.1) is 0 Å². The van der Waals surface area contributed by atoms with Crippen molar-refractivity contribution < 1.29 is 4.74 Å². The SMILES string of the molecule is NC1COCC(N2CCC3=C2CNC3)C1. The van der Waals surface area contributed by atoms with E-state index in [0.717, 1.165) is 32.7 Å². The molecule has 0 aromatic rings. The van der Waals surface area contributed by atoms with Gasteiger partial charge in [0.15, 0.2) is 0 Å². The summed E-state index contributed by atoms with van der Waals surface area (Å²) >= 11 is 0. The van der Waals surface area contributed by atoms with Crippen molar-refractivity contribution in [1.82, 2.24) is 10.2 Å². The maximum Gasteiger partial charge on any atom is 0.0671 e. The van der Waals surface area contributed by atoms with Crippen LogP contribution in [0.4, 0.5) is 0 Å². The fourth-order valence-electron chi connectivity index (χ4n) is 2.95. The second-order valence-electron chi connectivity index (χ2n) is 4.78. The monoisotopic (exact) mass is 209 g/mol. The molecule has 0 amide bonds. The van der Waals surface area contributed by atoms with Crippen LogP contribution in [0, 0.1) is 0 Å². The summed E-state index contributed by atoms with van der Waals surface area (Å²) in [6.45, 7) is 4.89. The van der Waals surface area contributed by atoms with Crippen molar-refractivity contribution in [3.63, 3.8) is 0 Å². The van der Waals surface area contributed by atoms with Crippen molar-refractivity contribution in [1.29, 1.82) is 0 Å². The predicted molar refractivity (Wildman–Crippen MR) is 58.4 cm³/mol. The van der Waals surface area contributed by atoms with Gasteiger partial charge < -0.3 is 20.7 Å². The topological polar surface area (TPSA) is 50.5 Å². The van der Waals surface area contributed by atoms with Crippen LogP contribution in [0.25, 0.3) is 0 Å². The second-order valence-corrected chi connectivity index (χ2v) is 4.78. The van der Waals surface area contributed by atoms with Crippen molar-refractivity contribution >= 4 is 0 Å². The van der Waals surface area contributed by atoms with Gasteiger partial charge >= 0.3 is 0 Å². The maximum atomic E-state index is 5.95. The van der Waals surface area contributed by atoms with Gasteiger partial charge in [-0.1, -0.05) is 0 Å². The molecule has 1 fully saturated rings. The molecule has 4 nitrogen and oxygen atoms in total. The Labute approximate surface area is 90.4 Å². The van der Waals surface area contributed by atoms with Gasteiger partial charge in [-0.3, -0.25) is 0 Å². The summed E-state index contributed by atoms with van der Waals surface area (Å²) in [5.41, 5.74) is 9.08. The van der Waals surface area contributed by atoms with Crippen molar-refractivity contribution in [2.75, 3.05) is 32.8 Å². The fraction of sp³-hybridized carbons (Fsp3) is 0.818. The lowest BCUT2D eigenvalue weighted by molar-refractivity contribution is 0.0216. The van der Waals surface area contributed by atoms with Gasteiger partial charge in [0.25, 0.3) is 0 Å². The molecule has 2 atom stereocenters. The van der Waals surface area contributed by atoms with E-state index in [9.17, 15) is 0 Å². The Bertz CT molecular complexity index is 290. The molecule has 1 saturated heterocycles. The van der Waals surface area contributed by atoms with Crippen molar-refractivity contribution in [3.05, 3.63) is 11.3 Å². The van der Waals surface area contributed by atoms with E-state index in [1.807, 2.05) is 0 Å². The summed E-state index contributed by atoms with van der Waals surface area (Å²) in [7, 11) is 0. The summed E-state index contributed by atoms with van der Waals surface area (Å²) in [5.74, 6) is 0. The van der Waals surface area contributed by atoms with Crippen LogP contribution in [0.5, 0.6) is 0 Å². The normalized spacial score (nSPS) is 36.2. The van der Waals surface area contributed by atoms with Crippen LogP contribution in [0.15, 0.2) is 11.3 Å². The van der Waals surface area contributed by atoms with E-state index < -0.39 is 0 Å². The number of nitrogens with zero attached hydrogens (tertiary/aromatic N) is 1. The maximum absolute atomic E-state index is 5.95. The highest BCUT2D eigenvalue weighted by Crippen LogP contribution is 2.29. The smallest absolute Gasteiger partial charge is 0.0671 e. The van der Waals surface area contributed by atoms with Gasteiger partial charge in [0.2, 0.25) is 0 Å². The standard InChI is InChI=1S/C11H19N3O/c12-9-3-10(7-15-6-9)14-2-1-8-4-13-5-11(8)14/h9-10,13H,1-7,12H2. The van der Waals surface area contributed by atoms with Crippen LogP contribution in [0.1, 0.15) is 12.8 Å². The van der Waals surface area contributed by atoms with E-state index in [2.05, 4.69) is 10.2 Å². The van der Waals surface area contributed by atoms with Crippen molar-refractivity contribution in [2.45, 2.75) is 24.9 Å². The lowest BCUT2D eigenvalue weighted by Gasteiger charge is -2.36. The van der Waals surface area contributed by atoms with Gasteiger partial charge in [0.1, 0.15) is 0 Å². The van der Waals surface area contributed by atoms with Crippen LogP contribution >= 0.6 is 0 Å². The third-order valence-corrected chi connectivity index (χ3v) is 3.70. The van der Waals surface area contributed by atoms with E-state index >= 15 is 0 Å². The lowest BCUT2D eigenvalue weighted by Crippen LogP contribution is -2.47. The van der Waals surface area contributed by atoms with Gasteiger partial charge in [-0.05, 0) is 18.4 Å². The molecule has 0 radical (unpaired) electrons. The number of hydrogen-bond donors (Lipinski definition) is 2. The zero-order valence-electron chi connectivity index (χ0n) is 9.04. The average molecular weight is 209 g/mol. The van der Waals surface area contributed by atoms with E-state index in [0.29, 0.717) is 6.04 Å². The van der Waals surface area contributed by atoms with E-state index in [1.165, 1.54) is 18.7 Å². The van der Waals surface area contributed by atoms with Gasteiger partial charge in [-0.2, -0.15) is 0 Å². The number of hydrogen-bond acceptors (Lipinski definition) is 4. The van der Waals surface area contributed by atoms with Crippen molar-refractivity contribution in [2.24, 2.45) is 5.73 Å². The Morgan fingerprint density at radius 3 is 3.13 bits per heavy atom. The van der Waals surface area contributed by atoms with Gasteiger partial charge in [0.05, 0.1) is 19.3 Å². The first kappa shape index (κ1) is 9.63. The Morgan fingerprint density at radius 2 is 2.27 bits per heavy atom. The average Bonchev–Trinajstić information content (AvgIpc) is 2.77. The molecule has 0 aromatic carbocycles. The first-order valence-corrected chi connectivity index (χ1v) is 5.86. The van der Waals surface area contributed by atoms with Crippen molar-refractivity contribution in [3.8, 4) is 0 Å². The van der Waals surface area contributed by atoms with Crippen LogP contribution in [-0.4, -0.2) is 49.8 Å². The molecule has 0 aromatic heterocycles. The Kier molecular flexibility index (Phi) is 2.42. The highest BCUT2D eigenvalue weighted by molar-refractivity contribution is 5.27. The lowest BCUT2D eigenvalue weighted by atomic mass is 10.0. The Balaban J connectivity index is 1.72. The molecule has 3 heterocycles. The molecule has 2 unspecified atom stereocenters. The molecule has 3 N–H and O–H groups in total. The molecular formula is C11H19N3O. The molecule has 0 bridgehead atoms. The van der Waals surface area contributed by atoms with Gasteiger partial charge in [0, 0.05) is 31.4 Å². The molecule has 84 valence electrons. The number of nitrogens with one attached hydrogen (secondary N) is 1. The van der Waals surface area contributed by atoms with Crippen LogP contribution < -0.4 is 11.1 Å². The van der Waals surface area contributed by atoms with E-state index in [1.54, 1.807) is 5.57 Å². The summed E-state index contributed by atoms with van der Waals surface area (Å²) < 4.78 is 5.55. The molecule has 3 rings (SSSR count). The predicted octanol–water partition coefficient (Wildman–Crippen LogP) is -0.334. The zero-order valence-corrected chi connectivity index (χ0v) is 9.04. The molecular weight excluding hydrogens is 190 g/mol. The first-order valence-electron chi connectivity index (χ1n) is 5.86. The molecule has 15 heavy (non-hydrogen) atoms. The highest BCUT2D eigenvalue weighted by atomic mass is 16.5. The molecule has 0 aliphatic carbocycles. The van der Waals surface area contributed by atoms with E-state index in [4.69, 9.17) is 10.5 Å². The van der Waals surface area contributed by atoms with Crippen LogP contribution in [0.2, 0.25) is 0 Å². The minimum Gasteiger partial charge on any atom is -0.378 e. The second kappa shape index (κ2) is 3.77. The van der Waals surface area contributed by atoms with Crippen LogP contribution in [-0.2, 0) is 4.74 Å². The number of ether oxygens (including phenoxy) is 1. The quantitative estimate of drug-likeness (QED) is 0.620. The Morgan fingerprint density at radius 1 is 1.33 bits per heavy atom. The summed E-state index contributed by atoms with van der Waals surface area (Å²) in [6.07, 6.45) is 2.31. The third-order valence-electron chi connectivity index (χ3n) is 3.70. The molecule has 3 aliphatic heterocycles. The van der Waals surface area contributed by atoms with Crippen LogP contribution in [0.3, 0.4) is 0 Å². The zero-order chi connectivity index (χ0) is 10.3. The summed E-state index contributed by atoms with van der Waals surface area (Å²) in [4.78, 5) is 2.52. The molecule has 0 spiro atoms. The van der Waals surface area contributed by atoms with Gasteiger partial charge in [-0.25, -0.2) is 0 Å². The summed E-state index contributed by atoms with van der Waals surface area (Å²) in [5, 5.41) is 3.42. The molecule has 0 saturated carbocycles. The van der Waals surface area contributed by atoms with E-state index in [-0.39, 0.29) is 6.04 Å². The Hall–Kier alpha value is -0.580. The highest BCUT2D eigenvalue weighted by Gasteiger charge is 2.33. The number of rotatable bonds is 1. The third kappa shape index (κ3) is 1.67. The summed E-state index contributed by atoms with van der Waals surface area (Å²) in [6, 6.07) is 0.740. The number of nitrogens with two attached hydrogens (primary N) is 1. The largest absolute Gasteiger partial charge is 0.378 e. The molecule has 4 heteroatoms. The minimum absolute atomic E-state index is 0.225. The first-order chi connectivity index (χ1) is 7.34.